The van der Waals surface area contributed by atoms with Crippen LogP contribution in [-0.4, -0.2) is 36.0 Å². The lowest BCUT2D eigenvalue weighted by Gasteiger charge is -2.25. The number of nitro benzene ring substituents is 1. The molecule has 1 atom stereocenters. The van der Waals surface area contributed by atoms with Crippen molar-refractivity contribution in [1.82, 2.24) is 4.90 Å². The first-order valence-electron chi connectivity index (χ1n) is 9.23. The summed E-state index contributed by atoms with van der Waals surface area (Å²) in [6.45, 7) is 0.765. The summed E-state index contributed by atoms with van der Waals surface area (Å²) in [7, 11) is 1.57. The second-order valence-electron chi connectivity index (χ2n) is 6.91. The zero-order valence-corrected chi connectivity index (χ0v) is 16.7. The third-order valence-corrected chi connectivity index (χ3v) is 5.33. The van der Waals surface area contributed by atoms with Crippen molar-refractivity contribution in [2.24, 2.45) is 0 Å². The second kappa shape index (κ2) is 7.89. The second-order valence-corrected chi connectivity index (χ2v) is 7.35. The molecule has 3 aromatic rings. The van der Waals surface area contributed by atoms with E-state index < -0.39 is 16.9 Å². The summed E-state index contributed by atoms with van der Waals surface area (Å²) in [6, 6.07) is 9.74. The molecule has 0 N–H and O–H groups in total. The van der Waals surface area contributed by atoms with Crippen LogP contribution in [0.1, 0.15) is 34.1 Å². The van der Waals surface area contributed by atoms with Crippen molar-refractivity contribution in [3.05, 3.63) is 84.7 Å². The van der Waals surface area contributed by atoms with Crippen LogP contribution >= 0.6 is 11.6 Å². The van der Waals surface area contributed by atoms with Gasteiger partial charge in [0.2, 0.25) is 5.76 Å². The lowest BCUT2D eigenvalue weighted by Crippen LogP contribution is -2.31. The van der Waals surface area contributed by atoms with Crippen molar-refractivity contribution in [2.45, 2.75) is 12.5 Å². The van der Waals surface area contributed by atoms with Crippen LogP contribution in [0.5, 0.6) is 0 Å². The minimum atomic E-state index is -0.718. The molecule has 0 fully saturated rings. The van der Waals surface area contributed by atoms with Crippen LogP contribution in [0.2, 0.25) is 5.02 Å². The molecular weight excluding hydrogens is 412 g/mol. The van der Waals surface area contributed by atoms with Crippen molar-refractivity contribution in [2.75, 3.05) is 20.3 Å². The predicted octanol–water partition coefficient (Wildman–Crippen LogP) is 3.94. The van der Waals surface area contributed by atoms with Gasteiger partial charge in [0.05, 0.1) is 21.9 Å². The van der Waals surface area contributed by atoms with Crippen LogP contribution < -0.4 is 5.43 Å². The monoisotopic (exact) mass is 428 g/mol. The molecule has 1 aromatic heterocycles. The van der Waals surface area contributed by atoms with E-state index in [-0.39, 0.29) is 33.4 Å². The number of nitro groups is 1. The van der Waals surface area contributed by atoms with Gasteiger partial charge in [-0.1, -0.05) is 11.6 Å². The van der Waals surface area contributed by atoms with Crippen LogP contribution in [-0.2, 0) is 4.74 Å². The van der Waals surface area contributed by atoms with Gasteiger partial charge in [-0.25, -0.2) is 0 Å². The van der Waals surface area contributed by atoms with Gasteiger partial charge in [0, 0.05) is 37.4 Å². The molecule has 1 aliphatic rings. The van der Waals surface area contributed by atoms with Gasteiger partial charge < -0.3 is 14.1 Å². The van der Waals surface area contributed by atoms with Gasteiger partial charge in [0.1, 0.15) is 5.58 Å². The molecule has 8 nitrogen and oxygen atoms in total. The zero-order valence-electron chi connectivity index (χ0n) is 16.0. The van der Waals surface area contributed by atoms with Gasteiger partial charge in [0.15, 0.2) is 5.43 Å². The Hall–Kier alpha value is -3.23. The van der Waals surface area contributed by atoms with Gasteiger partial charge >= 0.3 is 0 Å². The molecule has 4 rings (SSSR count). The van der Waals surface area contributed by atoms with Crippen molar-refractivity contribution < 1.29 is 18.9 Å². The largest absolute Gasteiger partial charge is 0.450 e. The maximum atomic E-state index is 13.3. The number of benzene rings is 2. The van der Waals surface area contributed by atoms with Crippen molar-refractivity contribution >= 4 is 34.2 Å². The molecule has 2 heterocycles. The smallest absolute Gasteiger partial charge is 0.290 e. The third-order valence-electron chi connectivity index (χ3n) is 5.09. The van der Waals surface area contributed by atoms with Gasteiger partial charge in [-0.2, -0.15) is 0 Å². The molecule has 0 aliphatic carbocycles. The number of nitrogens with zero attached hydrogens (tertiary/aromatic N) is 2. The van der Waals surface area contributed by atoms with Crippen LogP contribution in [0.25, 0.3) is 11.0 Å². The van der Waals surface area contributed by atoms with E-state index in [1.54, 1.807) is 31.4 Å². The summed E-state index contributed by atoms with van der Waals surface area (Å²) < 4.78 is 10.9. The highest BCUT2D eigenvalue weighted by Gasteiger charge is 2.42. The number of hydrogen-bond donors (Lipinski definition) is 0. The number of carbonyl (C=O) groups excluding carboxylic acids is 1. The Kier molecular flexibility index (Phi) is 5.27. The fraction of sp³-hybridized carbons (Fsp3) is 0.238. The lowest BCUT2D eigenvalue weighted by atomic mass is 9.98. The summed E-state index contributed by atoms with van der Waals surface area (Å²) in [4.78, 5) is 38.5. The Morgan fingerprint density at radius 3 is 2.60 bits per heavy atom. The Labute approximate surface area is 175 Å². The summed E-state index contributed by atoms with van der Waals surface area (Å²) in [5.74, 6) is -0.422. The van der Waals surface area contributed by atoms with Gasteiger partial charge in [-0.3, -0.25) is 19.7 Å². The normalized spacial score (nSPS) is 15.6. The van der Waals surface area contributed by atoms with E-state index in [2.05, 4.69) is 0 Å². The highest BCUT2D eigenvalue weighted by molar-refractivity contribution is 6.31. The molecule has 2 aromatic carbocycles. The van der Waals surface area contributed by atoms with Crippen LogP contribution in [0.3, 0.4) is 0 Å². The molecule has 0 saturated carbocycles. The number of halogens is 1. The molecule has 0 spiro atoms. The first kappa shape index (κ1) is 20.1. The Morgan fingerprint density at radius 1 is 1.20 bits per heavy atom. The summed E-state index contributed by atoms with van der Waals surface area (Å²) in [6.07, 6.45) is 0.555. The van der Waals surface area contributed by atoms with Crippen molar-refractivity contribution in [1.29, 1.82) is 0 Å². The molecular formula is C21H17ClN2O6. The Morgan fingerprint density at radius 2 is 1.93 bits per heavy atom. The minimum absolute atomic E-state index is 0.0180. The first-order chi connectivity index (χ1) is 14.4. The quantitative estimate of drug-likeness (QED) is 0.334. The average Bonchev–Trinajstić information content (AvgIpc) is 3.01. The van der Waals surface area contributed by atoms with Crippen LogP contribution in [0, 0.1) is 10.1 Å². The fourth-order valence-corrected chi connectivity index (χ4v) is 3.90. The summed E-state index contributed by atoms with van der Waals surface area (Å²) in [5.41, 5.74) is 0.642. The van der Waals surface area contributed by atoms with Gasteiger partial charge in [-0.05, 0) is 42.3 Å². The van der Waals surface area contributed by atoms with E-state index in [4.69, 9.17) is 20.8 Å². The lowest BCUT2D eigenvalue weighted by molar-refractivity contribution is -0.384. The Bertz CT molecular complexity index is 1200. The minimum Gasteiger partial charge on any atom is -0.450 e. The number of amides is 1. The van der Waals surface area contributed by atoms with Crippen molar-refractivity contribution in [3.63, 3.8) is 0 Å². The maximum absolute atomic E-state index is 13.3. The van der Waals surface area contributed by atoms with E-state index in [9.17, 15) is 19.7 Å². The number of rotatable bonds is 6. The first-order valence-corrected chi connectivity index (χ1v) is 9.60. The Balaban J connectivity index is 1.89. The molecule has 1 aliphatic heterocycles. The standard InChI is InChI=1S/C21H17ClN2O6/c1-29-10-2-9-23-18(12-3-6-14(7-4-12)24(27)28)17-19(25)15-11-13(22)5-8-16(15)30-20(17)21(23)26/h3-8,11,18H,2,9-10H2,1H3/t18-/m0/s1. The molecule has 0 saturated heterocycles. The number of hydrogen-bond acceptors (Lipinski definition) is 6. The fourth-order valence-electron chi connectivity index (χ4n) is 3.73. The van der Waals surface area contributed by atoms with Gasteiger partial charge in [-0.15, -0.1) is 0 Å². The SMILES string of the molecule is COCCCN1C(=O)c2oc3ccc(Cl)cc3c(=O)c2[C@@H]1c1ccc([N+](=O)[O-])cc1. The van der Waals surface area contributed by atoms with Crippen molar-refractivity contribution in [3.8, 4) is 0 Å². The van der Waals surface area contributed by atoms with E-state index in [1.807, 2.05) is 0 Å². The highest BCUT2D eigenvalue weighted by atomic mass is 35.5. The predicted molar refractivity (Wildman–Crippen MR) is 110 cm³/mol. The molecule has 0 radical (unpaired) electrons. The molecule has 154 valence electrons. The van der Waals surface area contributed by atoms with Crippen LogP contribution in [0.4, 0.5) is 5.69 Å². The van der Waals surface area contributed by atoms with Gasteiger partial charge in [0.25, 0.3) is 11.6 Å². The average molecular weight is 429 g/mol. The van der Waals surface area contributed by atoms with Crippen LogP contribution in [0.15, 0.2) is 51.7 Å². The summed E-state index contributed by atoms with van der Waals surface area (Å²) >= 11 is 6.05. The molecule has 9 heteroatoms. The highest BCUT2D eigenvalue weighted by Crippen LogP contribution is 2.38. The molecule has 0 bridgehead atoms. The third kappa shape index (κ3) is 3.34. The van der Waals surface area contributed by atoms with E-state index >= 15 is 0 Å². The molecule has 0 unspecified atom stereocenters. The number of non-ortho nitro benzene ring substituents is 1. The topological polar surface area (TPSA) is 103 Å². The number of methoxy groups -OCH3 is 1. The number of fused-ring (bicyclic) bond motifs is 2. The van der Waals surface area contributed by atoms with E-state index in [0.717, 1.165) is 0 Å². The molecule has 30 heavy (non-hydrogen) atoms. The van der Waals surface area contributed by atoms with E-state index in [1.165, 1.54) is 23.1 Å². The van der Waals surface area contributed by atoms with E-state index in [0.29, 0.717) is 30.2 Å². The molecule has 1 amide bonds. The number of carbonyl (C=O) groups is 1. The maximum Gasteiger partial charge on any atom is 0.290 e. The summed E-state index contributed by atoms with van der Waals surface area (Å²) in [5, 5.41) is 11.7. The number of ether oxygens (including phenoxy) is 1. The zero-order chi connectivity index (χ0) is 21.4.